The number of nitrogens with zero attached hydrogens (tertiary/aromatic N) is 1. The van der Waals surface area contributed by atoms with E-state index in [2.05, 4.69) is 0 Å². The molecule has 0 bridgehead atoms. The lowest BCUT2D eigenvalue weighted by Crippen LogP contribution is -2.26. The van der Waals surface area contributed by atoms with Crippen LogP contribution in [0.1, 0.15) is 6.42 Å². The number of carbonyl (C=O) groups excluding carboxylic acids is 1. The number of amides is 1. The molecule has 0 fully saturated rings. The predicted molar refractivity (Wildman–Crippen MR) is 38.8 cm³/mol. The third-order valence-corrected chi connectivity index (χ3v) is 1.20. The van der Waals surface area contributed by atoms with E-state index in [0.717, 1.165) is 6.42 Å². The highest BCUT2D eigenvalue weighted by Crippen LogP contribution is 2.00. The fraction of sp³-hybridized carbons (Fsp3) is 0.286. The molecular weight excluding hydrogens is 128 g/mol. The molecule has 0 aliphatic carbocycles. The highest BCUT2D eigenvalue weighted by molar-refractivity contribution is 5.76. The van der Waals surface area contributed by atoms with Crippen LogP contribution in [0.5, 0.6) is 0 Å². The van der Waals surface area contributed by atoms with Gasteiger partial charge in [-0.3, -0.25) is 4.79 Å². The molecule has 3 heteroatoms. The molecule has 0 aromatic heterocycles. The van der Waals surface area contributed by atoms with Crippen molar-refractivity contribution in [2.45, 2.75) is 6.42 Å². The second kappa shape index (κ2) is 3.06. The first-order chi connectivity index (χ1) is 4.79. The predicted octanol–water partition coefficient (Wildman–Crippen LogP) is 0.205. The molecule has 10 heavy (non-hydrogen) atoms. The van der Waals surface area contributed by atoms with Crippen LogP contribution in [0.3, 0.4) is 0 Å². The zero-order chi connectivity index (χ0) is 7.40. The zero-order valence-electron chi connectivity index (χ0n) is 5.66. The Balaban J connectivity index is 2.40. The Morgan fingerprint density at radius 2 is 2.10 bits per heavy atom. The Labute approximate surface area is 59.8 Å². The van der Waals surface area contributed by atoms with Crippen molar-refractivity contribution in [3.05, 3.63) is 24.6 Å². The van der Waals surface area contributed by atoms with Crippen molar-refractivity contribution >= 4 is 5.91 Å². The molecule has 1 aliphatic heterocycles. The first-order valence-corrected chi connectivity index (χ1v) is 3.16. The van der Waals surface area contributed by atoms with Gasteiger partial charge in [-0.15, -0.1) is 0 Å². The minimum absolute atomic E-state index is 0.271. The largest absolute Gasteiger partial charge is 0.368 e. The smallest absolute Gasteiger partial charge is 0.237 e. The van der Waals surface area contributed by atoms with Crippen LogP contribution in [0.2, 0.25) is 0 Å². The van der Waals surface area contributed by atoms with Crippen LogP contribution in [-0.4, -0.2) is 17.4 Å². The highest BCUT2D eigenvalue weighted by Gasteiger charge is 1.99. The number of nitrogens with two attached hydrogens (primary N) is 1. The number of hydrogen-bond acceptors (Lipinski definition) is 2. The lowest BCUT2D eigenvalue weighted by atomic mass is 10.3. The van der Waals surface area contributed by atoms with E-state index in [9.17, 15) is 4.79 Å². The first kappa shape index (κ1) is 6.86. The molecule has 0 spiro atoms. The highest BCUT2D eigenvalue weighted by atomic mass is 16.1. The van der Waals surface area contributed by atoms with Crippen molar-refractivity contribution in [3.8, 4) is 0 Å². The summed E-state index contributed by atoms with van der Waals surface area (Å²) in [5.41, 5.74) is 4.97. The van der Waals surface area contributed by atoms with Crippen LogP contribution in [0.25, 0.3) is 0 Å². The fourth-order valence-electron chi connectivity index (χ4n) is 0.806. The van der Waals surface area contributed by atoms with E-state index in [4.69, 9.17) is 5.73 Å². The van der Waals surface area contributed by atoms with Gasteiger partial charge in [-0.25, -0.2) is 0 Å². The number of allylic oxidation sites excluding steroid dienone is 2. The summed E-state index contributed by atoms with van der Waals surface area (Å²) < 4.78 is 0. The van der Waals surface area contributed by atoms with Crippen molar-refractivity contribution in [1.82, 2.24) is 4.90 Å². The molecule has 2 N–H and O–H groups in total. The Morgan fingerprint density at radius 1 is 1.50 bits per heavy atom. The fourth-order valence-corrected chi connectivity index (χ4v) is 0.806. The van der Waals surface area contributed by atoms with Crippen molar-refractivity contribution in [3.63, 3.8) is 0 Å². The van der Waals surface area contributed by atoms with Crippen molar-refractivity contribution in [1.29, 1.82) is 0 Å². The van der Waals surface area contributed by atoms with Gasteiger partial charge in [-0.05, 0) is 6.42 Å². The van der Waals surface area contributed by atoms with E-state index in [1.807, 2.05) is 24.6 Å². The summed E-state index contributed by atoms with van der Waals surface area (Å²) in [7, 11) is 0. The molecule has 1 heterocycles. The van der Waals surface area contributed by atoms with E-state index >= 15 is 0 Å². The summed E-state index contributed by atoms with van der Waals surface area (Å²) in [6.45, 7) is 0.271. The maximum absolute atomic E-state index is 10.4. The maximum atomic E-state index is 10.4. The summed E-state index contributed by atoms with van der Waals surface area (Å²) >= 11 is 0. The van der Waals surface area contributed by atoms with Gasteiger partial charge in [0.15, 0.2) is 0 Å². The summed E-state index contributed by atoms with van der Waals surface area (Å²) in [5.74, 6) is -0.309. The van der Waals surface area contributed by atoms with Crippen molar-refractivity contribution in [2.75, 3.05) is 6.54 Å². The van der Waals surface area contributed by atoms with E-state index in [0.29, 0.717) is 0 Å². The molecule has 0 atom stereocenters. The molecule has 0 aromatic carbocycles. The molecule has 1 amide bonds. The Morgan fingerprint density at radius 3 is 2.60 bits per heavy atom. The molecule has 1 aliphatic rings. The van der Waals surface area contributed by atoms with Gasteiger partial charge in [0.2, 0.25) is 5.91 Å². The molecule has 54 valence electrons. The lowest BCUT2D eigenvalue weighted by Gasteiger charge is -2.14. The van der Waals surface area contributed by atoms with E-state index < -0.39 is 0 Å². The van der Waals surface area contributed by atoms with E-state index in [1.165, 1.54) is 0 Å². The molecule has 1 rings (SSSR count). The van der Waals surface area contributed by atoms with Crippen molar-refractivity contribution in [2.24, 2.45) is 5.73 Å². The normalized spacial score (nSPS) is 15.8. The van der Waals surface area contributed by atoms with Crippen molar-refractivity contribution < 1.29 is 4.79 Å². The Bertz CT molecular complexity index is 172. The molecule has 0 unspecified atom stereocenters. The standard InChI is InChI=1S/C7H10N2O/c8-7(10)6-9-4-2-1-3-5-9/h2-5H,1,6H2,(H2,8,10). The monoisotopic (exact) mass is 138 g/mol. The second-order valence-corrected chi connectivity index (χ2v) is 2.14. The van der Waals surface area contributed by atoms with Gasteiger partial charge >= 0.3 is 0 Å². The average molecular weight is 138 g/mol. The van der Waals surface area contributed by atoms with Gasteiger partial charge in [-0.2, -0.15) is 0 Å². The van der Waals surface area contributed by atoms with Crippen LogP contribution in [0.4, 0.5) is 0 Å². The zero-order valence-corrected chi connectivity index (χ0v) is 5.66. The molecule has 0 saturated carbocycles. The molecule has 3 nitrogen and oxygen atoms in total. The van der Waals surface area contributed by atoms with Gasteiger partial charge in [0, 0.05) is 12.4 Å². The van der Waals surface area contributed by atoms with E-state index in [1.54, 1.807) is 4.90 Å². The Kier molecular flexibility index (Phi) is 2.10. The maximum Gasteiger partial charge on any atom is 0.237 e. The molecular formula is C7H10N2O. The molecule has 0 saturated heterocycles. The quantitative estimate of drug-likeness (QED) is 0.592. The third-order valence-electron chi connectivity index (χ3n) is 1.20. The SMILES string of the molecule is NC(=O)CN1C=CCC=C1. The molecule has 0 aromatic rings. The van der Waals surface area contributed by atoms with Gasteiger partial charge in [0.25, 0.3) is 0 Å². The number of hydrogen-bond donors (Lipinski definition) is 1. The van der Waals surface area contributed by atoms with Crippen LogP contribution < -0.4 is 5.73 Å². The topological polar surface area (TPSA) is 46.3 Å². The van der Waals surface area contributed by atoms with E-state index in [-0.39, 0.29) is 12.5 Å². The average Bonchev–Trinajstić information content (AvgIpc) is 1.88. The Hall–Kier alpha value is -1.25. The number of primary amides is 1. The third kappa shape index (κ3) is 1.93. The van der Waals surface area contributed by atoms with Crippen LogP contribution in [-0.2, 0) is 4.79 Å². The van der Waals surface area contributed by atoms with Gasteiger partial charge in [0.05, 0.1) is 0 Å². The van der Waals surface area contributed by atoms with Gasteiger partial charge in [-0.1, -0.05) is 12.2 Å². The summed E-state index contributed by atoms with van der Waals surface area (Å²) in [6, 6.07) is 0. The number of rotatable bonds is 2. The summed E-state index contributed by atoms with van der Waals surface area (Å²) in [6.07, 6.45) is 8.59. The van der Waals surface area contributed by atoms with Crippen LogP contribution in [0, 0.1) is 0 Å². The first-order valence-electron chi connectivity index (χ1n) is 3.16. The van der Waals surface area contributed by atoms with Crippen LogP contribution in [0.15, 0.2) is 24.6 Å². The lowest BCUT2D eigenvalue weighted by molar-refractivity contribution is -0.118. The minimum atomic E-state index is -0.309. The summed E-state index contributed by atoms with van der Waals surface area (Å²) in [4.78, 5) is 12.1. The van der Waals surface area contributed by atoms with Gasteiger partial charge in [0.1, 0.15) is 6.54 Å². The number of carbonyl (C=O) groups is 1. The second-order valence-electron chi connectivity index (χ2n) is 2.14. The summed E-state index contributed by atoms with van der Waals surface area (Å²) in [5, 5.41) is 0. The van der Waals surface area contributed by atoms with Gasteiger partial charge < -0.3 is 10.6 Å². The van der Waals surface area contributed by atoms with Crippen LogP contribution >= 0.6 is 0 Å². The minimum Gasteiger partial charge on any atom is -0.368 e. The molecule has 0 radical (unpaired) electrons.